The van der Waals surface area contributed by atoms with E-state index in [9.17, 15) is 9.18 Å². The predicted molar refractivity (Wildman–Crippen MR) is 93.0 cm³/mol. The van der Waals surface area contributed by atoms with E-state index in [1.165, 1.54) is 16.7 Å². The van der Waals surface area contributed by atoms with Crippen LogP contribution in [0.1, 0.15) is 40.7 Å². The number of nitrogens with zero attached hydrogens (tertiary/aromatic N) is 2. The SMILES string of the molecule is CCCc1nc2ccc(F)cn2c1C(=O)Nc1cc(C)cc(C)c1. The zero-order valence-corrected chi connectivity index (χ0v) is 14.1. The minimum atomic E-state index is -0.400. The van der Waals surface area contributed by atoms with Crippen molar-refractivity contribution < 1.29 is 9.18 Å². The molecule has 2 aromatic heterocycles. The second kappa shape index (κ2) is 6.43. The van der Waals surface area contributed by atoms with Crippen molar-refractivity contribution in [1.29, 1.82) is 0 Å². The molecule has 0 aliphatic carbocycles. The van der Waals surface area contributed by atoms with Crippen molar-refractivity contribution in [2.24, 2.45) is 0 Å². The first-order valence-electron chi connectivity index (χ1n) is 8.04. The Kier molecular flexibility index (Phi) is 4.34. The summed E-state index contributed by atoms with van der Waals surface area (Å²) >= 11 is 0. The van der Waals surface area contributed by atoms with Gasteiger partial charge >= 0.3 is 0 Å². The summed E-state index contributed by atoms with van der Waals surface area (Å²) in [4.78, 5) is 17.3. The molecule has 0 radical (unpaired) electrons. The lowest BCUT2D eigenvalue weighted by Crippen LogP contribution is -2.16. The fourth-order valence-electron chi connectivity index (χ4n) is 2.96. The van der Waals surface area contributed by atoms with Gasteiger partial charge in [-0.05, 0) is 55.7 Å². The van der Waals surface area contributed by atoms with Crippen LogP contribution in [0.2, 0.25) is 0 Å². The fraction of sp³-hybridized carbons (Fsp3) is 0.263. The highest BCUT2D eigenvalue weighted by Crippen LogP contribution is 2.19. The van der Waals surface area contributed by atoms with E-state index in [4.69, 9.17) is 0 Å². The quantitative estimate of drug-likeness (QED) is 0.777. The Morgan fingerprint density at radius 2 is 1.92 bits per heavy atom. The molecule has 0 unspecified atom stereocenters. The van der Waals surface area contributed by atoms with Gasteiger partial charge in [-0.2, -0.15) is 0 Å². The number of amides is 1. The number of fused-ring (bicyclic) bond motifs is 1. The van der Waals surface area contributed by atoms with E-state index in [-0.39, 0.29) is 5.91 Å². The molecule has 1 aromatic carbocycles. The third-order valence-corrected chi connectivity index (χ3v) is 3.84. The minimum Gasteiger partial charge on any atom is -0.321 e. The van der Waals surface area contributed by atoms with Crippen molar-refractivity contribution in [3.05, 3.63) is 64.9 Å². The van der Waals surface area contributed by atoms with E-state index in [1.807, 2.05) is 39.0 Å². The third-order valence-electron chi connectivity index (χ3n) is 3.84. The second-order valence-electron chi connectivity index (χ2n) is 6.06. The average Bonchev–Trinajstić information content (AvgIpc) is 2.83. The second-order valence-corrected chi connectivity index (χ2v) is 6.06. The molecule has 0 fully saturated rings. The van der Waals surface area contributed by atoms with Crippen molar-refractivity contribution in [3.8, 4) is 0 Å². The van der Waals surface area contributed by atoms with Crippen LogP contribution in [0.4, 0.5) is 10.1 Å². The Labute approximate surface area is 140 Å². The summed E-state index contributed by atoms with van der Waals surface area (Å²) in [7, 11) is 0. The lowest BCUT2D eigenvalue weighted by molar-refractivity contribution is 0.102. The van der Waals surface area contributed by atoms with E-state index in [0.717, 1.165) is 23.2 Å². The number of hydrogen-bond donors (Lipinski definition) is 1. The van der Waals surface area contributed by atoms with Gasteiger partial charge in [0.15, 0.2) is 0 Å². The Hall–Kier alpha value is -2.69. The van der Waals surface area contributed by atoms with Gasteiger partial charge in [-0.15, -0.1) is 0 Å². The van der Waals surface area contributed by atoms with Gasteiger partial charge < -0.3 is 5.32 Å². The first-order valence-corrected chi connectivity index (χ1v) is 8.04. The Balaban J connectivity index is 2.04. The molecule has 0 atom stereocenters. The highest BCUT2D eigenvalue weighted by atomic mass is 19.1. The summed E-state index contributed by atoms with van der Waals surface area (Å²) in [6, 6.07) is 8.80. The number of carbonyl (C=O) groups excluding carboxylic acids is 1. The lowest BCUT2D eigenvalue weighted by Gasteiger charge is -2.09. The molecular weight excluding hydrogens is 305 g/mol. The molecular formula is C19H20FN3O. The molecule has 3 rings (SSSR count). The van der Waals surface area contributed by atoms with Crippen LogP contribution in [-0.2, 0) is 6.42 Å². The number of benzene rings is 1. The van der Waals surface area contributed by atoms with Gasteiger partial charge in [0.2, 0.25) is 0 Å². The molecule has 124 valence electrons. The number of rotatable bonds is 4. The monoisotopic (exact) mass is 325 g/mol. The third kappa shape index (κ3) is 3.15. The maximum absolute atomic E-state index is 13.6. The standard InChI is InChI=1S/C19H20FN3O/c1-4-5-16-18(23-11-14(20)6-7-17(23)22-16)19(24)21-15-9-12(2)8-13(3)10-15/h6-11H,4-5H2,1-3H3,(H,21,24). The first-order chi connectivity index (χ1) is 11.5. The average molecular weight is 325 g/mol. The highest BCUT2D eigenvalue weighted by molar-refractivity contribution is 6.04. The van der Waals surface area contributed by atoms with Gasteiger partial charge in [0.1, 0.15) is 17.2 Å². The van der Waals surface area contributed by atoms with Gasteiger partial charge in [-0.25, -0.2) is 9.37 Å². The molecule has 0 saturated carbocycles. The summed E-state index contributed by atoms with van der Waals surface area (Å²) in [6.07, 6.45) is 2.83. The van der Waals surface area contributed by atoms with E-state index in [2.05, 4.69) is 10.3 Å². The van der Waals surface area contributed by atoms with Crippen LogP contribution in [0.15, 0.2) is 36.5 Å². The van der Waals surface area contributed by atoms with Crippen molar-refractivity contribution in [3.63, 3.8) is 0 Å². The lowest BCUT2D eigenvalue weighted by atomic mass is 10.1. The topological polar surface area (TPSA) is 46.4 Å². The molecule has 24 heavy (non-hydrogen) atoms. The maximum atomic E-state index is 13.6. The van der Waals surface area contributed by atoms with Crippen LogP contribution in [0.3, 0.4) is 0 Å². The predicted octanol–water partition coefficient (Wildman–Crippen LogP) is 4.30. The highest BCUT2D eigenvalue weighted by Gasteiger charge is 2.19. The fourth-order valence-corrected chi connectivity index (χ4v) is 2.96. The summed E-state index contributed by atoms with van der Waals surface area (Å²) in [6.45, 7) is 5.99. The van der Waals surface area contributed by atoms with E-state index < -0.39 is 5.82 Å². The van der Waals surface area contributed by atoms with Gasteiger partial charge in [0, 0.05) is 11.9 Å². The minimum absolute atomic E-state index is 0.276. The summed E-state index contributed by atoms with van der Waals surface area (Å²) < 4.78 is 15.2. The van der Waals surface area contributed by atoms with Crippen LogP contribution in [0.25, 0.3) is 5.65 Å². The molecule has 2 heterocycles. The number of aryl methyl sites for hydroxylation is 3. The molecule has 0 spiro atoms. The molecule has 4 nitrogen and oxygen atoms in total. The molecule has 0 aliphatic rings. The molecule has 0 bridgehead atoms. The summed E-state index contributed by atoms with van der Waals surface area (Å²) in [5.74, 6) is -0.676. The van der Waals surface area contributed by atoms with E-state index in [0.29, 0.717) is 23.5 Å². The Morgan fingerprint density at radius 3 is 2.58 bits per heavy atom. The first kappa shape index (κ1) is 16.2. The number of anilines is 1. The number of halogens is 1. The van der Waals surface area contributed by atoms with Crippen molar-refractivity contribution in [1.82, 2.24) is 9.38 Å². The number of pyridine rings is 1. The molecule has 1 N–H and O–H groups in total. The summed E-state index contributed by atoms with van der Waals surface area (Å²) in [5, 5.41) is 2.91. The van der Waals surface area contributed by atoms with Gasteiger partial charge in [0.25, 0.3) is 5.91 Å². The van der Waals surface area contributed by atoms with E-state index in [1.54, 1.807) is 6.07 Å². The smallest absolute Gasteiger partial charge is 0.274 e. The van der Waals surface area contributed by atoms with Crippen LogP contribution < -0.4 is 5.32 Å². The number of imidazole rings is 1. The van der Waals surface area contributed by atoms with Crippen LogP contribution in [0, 0.1) is 19.7 Å². The van der Waals surface area contributed by atoms with Gasteiger partial charge in [0.05, 0.1) is 5.69 Å². The number of aromatic nitrogens is 2. The molecule has 0 saturated heterocycles. The van der Waals surface area contributed by atoms with Gasteiger partial charge in [-0.3, -0.25) is 9.20 Å². The maximum Gasteiger partial charge on any atom is 0.274 e. The van der Waals surface area contributed by atoms with Crippen LogP contribution in [0.5, 0.6) is 0 Å². The largest absolute Gasteiger partial charge is 0.321 e. The van der Waals surface area contributed by atoms with Crippen molar-refractivity contribution in [2.75, 3.05) is 5.32 Å². The normalized spacial score (nSPS) is 11.0. The molecule has 1 amide bonds. The zero-order valence-electron chi connectivity index (χ0n) is 14.1. The Morgan fingerprint density at radius 1 is 1.21 bits per heavy atom. The number of carbonyl (C=O) groups is 1. The molecule has 3 aromatic rings. The van der Waals surface area contributed by atoms with Crippen LogP contribution >= 0.6 is 0 Å². The van der Waals surface area contributed by atoms with Crippen LogP contribution in [-0.4, -0.2) is 15.3 Å². The number of nitrogens with one attached hydrogen (secondary N) is 1. The number of hydrogen-bond acceptors (Lipinski definition) is 2. The zero-order chi connectivity index (χ0) is 17.3. The Bertz CT molecular complexity index is 894. The summed E-state index contributed by atoms with van der Waals surface area (Å²) in [5.41, 5.74) is 4.53. The van der Waals surface area contributed by atoms with Gasteiger partial charge in [-0.1, -0.05) is 19.4 Å². The van der Waals surface area contributed by atoms with E-state index >= 15 is 0 Å². The van der Waals surface area contributed by atoms with Crippen molar-refractivity contribution in [2.45, 2.75) is 33.6 Å². The molecule has 5 heteroatoms. The molecule has 0 aliphatic heterocycles. The van der Waals surface area contributed by atoms with Crippen molar-refractivity contribution >= 4 is 17.2 Å².